The van der Waals surface area contributed by atoms with E-state index in [2.05, 4.69) is 15.5 Å². The summed E-state index contributed by atoms with van der Waals surface area (Å²) in [6.07, 6.45) is 0. The van der Waals surface area contributed by atoms with Crippen LogP contribution in [0, 0.1) is 0 Å². The number of fused-ring (bicyclic) bond motifs is 1. The number of nitrogens with one attached hydrogen (secondary N) is 1. The molecule has 0 aliphatic heterocycles. The van der Waals surface area contributed by atoms with Gasteiger partial charge in [-0.25, -0.2) is 10.4 Å². The van der Waals surface area contributed by atoms with Crippen molar-refractivity contribution in [3.63, 3.8) is 0 Å². The molecule has 1 N–H and O–H groups in total. The maximum atomic E-state index is 12.1. The second-order valence-electron chi connectivity index (χ2n) is 6.08. The van der Waals surface area contributed by atoms with Gasteiger partial charge in [0, 0.05) is 14.0 Å². The van der Waals surface area contributed by atoms with E-state index in [9.17, 15) is 9.59 Å². The van der Waals surface area contributed by atoms with E-state index in [4.69, 9.17) is 4.74 Å². The van der Waals surface area contributed by atoms with Crippen LogP contribution in [-0.4, -0.2) is 32.9 Å². The van der Waals surface area contributed by atoms with Crippen molar-refractivity contribution < 1.29 is 14.3 Å². The number of hydrogen-bond donors (Lipinski definition) is 1. The molecular weight excluding hydrogens is 376 g/mol. The maximum Gasteiger partial charge on any atom is 0.308 e. The smallest absolute Gasteiger partial charge is 0.308 e. The van der Waals surface area contributed by atoms with Gasteiger partial charge in [-0.2, -0.15) is 5.10 Å². The van der Waals surface area contributed by atoms with Crippen molar-refractivity contribution in [2.45, 2.75) is 19.0 Å². The molecule has 0 aliphatic carbocycles. The van der Waals surface area contributed by atoms with Crippen molar-refractivity contribution in [2.75, 3.05) is 5.75 Å². The van der Waals surface area contributed by atoms with Crippen molar-refractivity contribution in [2.24, 2.45) is 12.1 Å². The van der Waals surface area contributed by atoms with E-state index in [1.807, 2.05) is 35.9 Å². The van der Waals surface area contributed by atoms with Crippen LogP contribution in [0.5, 0.6) is 5.75 Å². The zero-order chi connectivity index (χ0) is 20.1. The number of hydrazone groups is 1. The van der Waals surface area contributed by atoms with E-state index < -0.39 is 0 Å². The normalized spacial score (nSPS) is 11.5. The molecule has 0 fully saturated rings. The molecule has 3 rings (SSSR count). The Morgan fingerprint density at radius 2 is 1.86 bits per heavy atom. The summed E-state index contributed by atoms with van der Waals surface area (Å²) >= 11 is 1.36. The quantitative estimate of drug-likeness (QED) is 0.227. The average molecular weight is 396 g/mol. The van der Waals surface area contributed by atoms with Crippen LogP contribution >= 0.6 is 11.8 Å². The molecule has 0 spiro atoms. The number of carbonyl (C=O) groups is 2. The van der Waals surface area contributed by atoms with Crippen molar-refractivity contribution in [1.82, 2.24) is 15.0 Å². The van der Waals surface area contributed by atoms with Gasteiger partial charge in [-0.05, 0) is 48.9 Å². The molecule has 0 aliphatic rings. The van der Waals surface area contributed by atoms with Gasteiger partial charge in [-0.15, -0.1) is 0 Å². The van der Waals surface area contributed by atoms with Gasteiger partial charge in [0.15, 0.2) is 5.16 Å². The van der Waals surface area contributed by atoms with Crippen molar-refractivity contribution in [3.05, 3.63) is 54.1 Å². The zero-order valence-corrected chi connectivity index (χ0v) is 16.6. The summed E-state index contributed by atoms with van der Waals surface area (Å²) in [5, 5.41) is 4.91. The first kappa shape index (κ1) is 19.6. The number of rotatable bonds is 6. The molecule has 0 saturated heterocycles. The first-order valence-electron chi connectivity index (χ1n) is 8.60. The first-order chi connectivity index (χ1) is 13.4. The summed E-state index contributed by atoms with van der Waals surface area (Å²) in [6, 6.07) is 14.7. The largest absolute Gasteiger partial charge is 0.427 e. The van der Waals surface area contributed by atoms with Gasteiger partial charge >= 0.3 is 5.97 Å². The molecule has 1 amide bonds. The lowest BCUT2D eigenvalue weighted by Crippen LogP contribution is -2.21. The number of benzene rings is 2. The molecule has 0 bridgehead atoms. The zero-order valence-electron chi connectivity index (χ0n) is 15.8. The lowest BCUT2D eigenvalue weighted by atomic mass is 10.1. The lowest BCUT2D eigenvalue weighted by Gasteiger charge is -2.05. The molecule has 28 heavy (non-hydrogen) atoms. The minimum atomic E-state index is -0.372. The molecule has 8 heteroatoms. The summed E-state index contributed by atoms with van der Waals surface area (Å²) in [5.74, 6) is 0.0858. The van der Waals surface area contributed by atoms with Gasteiger partial charge in [0.25, 0.3) is 5.91 Å². The fraction of sp³-hybridized carbons (Fsp3) is 0.200. The highest BCUT2D eigenvalue weighted by Crippen LogP contribution is 2.22. The number of ether oxygens (including phenoxy) is 1. The molecule has 0 radical (unpaired) electrons. The maximum absolute atomic E-state index is 12.1. The summed E-state index contributed by atoms with van der Waals surface area (Å²) in [4.78, 5) is 27.6. The molecule has 144 valence electrons. The van der Waals surface area contributed by atoms with Crippen LogP contribution in [0.4, 0.5) is 0 Å². The highest BCUT2D eigenvalue weighted by Gasteiger charge is 2.10. The number of amides is 1. The SMILES string of the molecule is CC(=O)Oc1ccc(/C(C)=N\NC(=O)CSc2nc3ccccc3n2C)cc1. The topological polar surface area (TPSA) is 85.6 Å². The average Bonchev–Trinajstić information content (AvgIpc) is 3.00. The van der Waals surface area contributed by atoms with E-state index in [0.717, 1.165) is 21.8 Å². The third kappa shape index (κ3) is 4.77. The van der Waals surface area contributed by atoms with Crippen molar-refractivity contribution >= 4 is 40.4 Å². The third-order valence-electron chi connectivity index (χ3n) is 3.96. The Morgan fingerprint density at radius 1 is 1.14 bits per heavy atom. The number of aromatic nitrogens is 2. The molecule has 3 aromatic rings. The summed E-state index contributed by atoms with van der Waals surface area (Å²) < 4.78 is 6.96. The van der Waals surface area contributed by atoms with Crippen molar-refractivity contribution in [3.8, 4) is 5.75 Å². The highest BCUT2D eigenvalue weighted by atomic mass is 32.2. The Balaban J connectivity index is 1.56. The van der Waals surface area contributed by atoms with Crippen LogP contribution in [-0.2, 0) is 16.6 Å². The molecule has 0 unspecified atom stereocenters. The van der Waals surface area contributed by atoms with Crippen LogP contribution in [0.3, 0.4) is 0 Å². The molecule has 0 saturated carbocycles. The number of thioether (sulfide) groups is 1. The number of hydrogen-bond acceptors (Lipinski definition) is 6. The Hall–Kier alpha value is -3.13. The fourth-order valence-corrected chi connectivity index (χ4v) is 3.34. The number of para-hydroxylation sites is 2. The third-order valence-corrected chi connectivity index (χ3v) is 4.99. The molecule has 0 atom stereocenters. The Morgan fingerprint density at radius 3 is 2.54 bits per heavy atom. The van der Waals surface area contributed by atoms with Crippen LogP contribution in [0.1, 0.15) is 19.4 Å². The number of nitrogens with zero attached hydrogens (tertiary/aromatic N) is 3. The monoisotopic (exact) mass is 396 g/mol. The first-order valence-corrected chi connectivity index (χ1v) is 9.59. The van der Waals surface area contributed by atoms with Gasteiger partial charge in [0.2, 0.25) is 0 Å². The molecular formula is C20H20N4O3S. The van der Waals surface area contributed by atoms with Gasteiger partial charge in [0.1, 0.15) is 5.75 Å². The van der Waals surface area contributed by atoms with Gasteiger partial charge in [-0.3, -0.25) is 9.59 Å². The van der Waals surface area contributed by atoms with Crippen LogP contribution in [0.2, 0.25) is 0 Å². The van der Waals surface area contributed by atoms with Crippen LogP contribution in [0.15, 0.2) is 58.8 Å². The molecule has 1 aromatic heterocycles. The van der Waals surface area contributed by atoms with Crippen LogP contribution < -0.4 is 10.2 Å². The number of aryl methyl sites for hydroxylation is 1. The second-order valence-corrected chi connectivity index (χ2v) is 7.02. The van der Waals surface area contributed by atoms with E-state index in [0.29, 0.717) is 11.5 Å². The molecule has 7 nitrogen and oxygen atoms in total. The number of imidazole rings is 1. The van der Waals surface area contributed by atoms with Gasteiger partial charge < -0.3 is 9.30 Å². The second kappa shape index (κ2) is 8.71. The van der Waals surface area contributed by atoms with E-state index in [1.165, 1.54) is 18.7 Å². The highest BCUT2D eigenvalue weighted by molar-refractivity contribution is 7.99. The predicted molar refractivity (Wildman–Crippen MR) is 110 cm³/mol. The summed E-state index contributed by atoms with van der Waals surface area (Å²) in [5.41, 5.74) is 5.95. The minimum Gasteiger partial charge on any atom is -0.427 e. The van der Waals surface area contributed by atoms with E-state index in [-0.39, 0.29) is 17.6 Å². The van der Waals surface area contributed by atoms with E-state index in [1.54, 1.807) is 31.2 Å². The van der Waals surface area contributed by atoms with Crippen LogP contribution in [0.25, 0.3) is 11.0 Å². The Kier molecular flexibility index (Phi) is 6.10. The van der Waals surface area contributed by atoms with E-state index >= 15 is 0 Å². The molecule has 1 heterocycles. The lowest BCUT2D eigenvalue weighted by molar-refractivity contribution is -0.131. The van der Waals surface area contributed by atoms with Gasteiger partial charge in [-0.1, -0.05) is 23.9 Å². The fourth-order valence-electron chi connectivity index (χ4n) is 2.56. The standard InChI is InChI=1S/C20H20N4O3S/c1-13(15-8-10-16(11-9-15)27-14(2)25)22-23-19(26)12-28-20-21-17-6-4-5-7-18(17)24(20)3/h4-11H,12H2,1-3H3,(H,23,26)/b22-13-. The minimum absolute atomic E-state index is 0.208. The predicted octanol–water partition coefficient (Wildman–Crippen LogP) is 3.13. The number of esters is 1. The Labute approximate surface area is 166 Å². The Bertz CT molecular complexity index is 1040. The summed E-state index contributed by atoms with van der Waals surface area (Å²) in [6.45, 7) is 3.14. The van der Waals surface area contributed by atoms with Crippen molar-refractivity contribution in [1.29, 1.82) is 0 Å². The van der Waals surface area contributed by atoms with Gasteiger partial charge in [0.05, 0.1) is 22.5 Å². The molecule has 2 aromatic carbocycles. The summed E-state index contributed by atoms with van der Waals surface area (Å²) in [7, 11) is 1.93. The number of carbonyl (C=O) groups excluding carboxylic acids is 2.